The smallest absolute Gasteiger partial charge is 0.224 e. The van der Waals surface area contributed by atoms with E-state index in [0.29, 0.717) is 5.92 Å². The molecule has 1 amide bonds. The number of benzene rings is 1. The first-order chi connectivity index (χ1) is 9.41. The highest BCUT2D eigenvalue weighted by molar-refractivity contribution is 5.79. The number of rotatable bonds is 7. The van der Waals surface area contributed by atoms with Gasteiger partial charge in [-0.1, -0.05) is 51.1 Å². The summed E-state index contributed by atoms with van der Waals surface area (Å²) in [7, 11) is 0. The molecule has 0 spiro atoms. The van der Waals surface area contributed by atoms with Gasteiger partial charge in [-0.05, 0) is 31.2 Å². The normalized spacial score (nSPS) is 15.7. The van der Waals surface area contributed by atoms with Crippen LogP contribution in [0.1, 0.15) is 52.1 Å². The molecule has 3 N–H and O–H groups in total. The monoisotopic (exact) mass is 276 g/mol. The van der Waals surface area contributed by atoms with Crippen molar-refractivity contribution in [2.24, 2.45) is 17.6 Å². The minimum absolute atomic E-state index is 0.0395. The van der Waals surface area contributed by atoms with Crippen molar-refractivity contribution in [2.45, 2.75) is 52.6 Å². The maximum atomic E-state index is 12.2. The van der Waals surface area contributed by atoms with E-state index in [-0.39, 0.29) is 23.9 Å². The van der Waals surface area contributed by atoms with E-state index in [0.717, 1.165) is 18.4 Å². The summed E-state index contributed by atoms with van der Waals surface area (Å²) >= 11 is 0. The number of hydrogen-bond acceptors (Lipinski definition) is 2. The largest absolute Gasteiger partial charge is 0.353 e. The third kappa shape index (κ3) is 5.33. The molecule has 0 aliphatic carbocycles. The van der Waals surface area contributed by atoms with E-state index in [9.17, 15) is 4.79 Å². The van der Waals surface area contributed by atoms with Crippen LogP contribution in [0.25, 0.3) is 0 Å². The van der Waals surface area contributed by atoms with Crippen molar-refractivity contribution < 1.29 is 4.79 Å². The molecule has 0 bridgehead atoms. The molecule has 1 aromatic carbocycles. The summed E-state index contributed by atoms with van der Waals surface area (Å²) in [5.41, 5.74) is 7.18. The van der Waals surface area contributed by atoms with E-state index in [1.807, 2.05) is 37.3 Å². The van der Waals surface area contributed by atoms with Gasteiger partial charge in [0, 0.05) is 12.1 Å². The fraction of sp³-hybridized carbons (Fsp3) is 0.588. The van der Waals surface area contributed by atoms with E-state index < -0.39 is 0 Å². The van der Waals surface area contributed by atoms with Crippen molar-refractivity contribution >= 4 is 5.91 Å². The Bertz CT molecular complexity index is 403. The Kier molecular flexibility index (Phi) is 6.73. The zero-order chi connectivity index (χ0) is 15.1. The molecule has 1 aromatic rings. The van der Waals surface area contributed by atoms with Crippen LogP contribution in [0.2, 0.25) is 0 Å². The molecule has 0 aliphatic rings. The third-order valence-corrected chi connectivity index (χ3v) is 3.70. The number of amides is 1. The highest BCUT2D eigenvalue weighted by Crippen LogP contribution is 2.19. The quantitative estimate of drug-likeness (QED) is 0.803. The lowest BCUT2D eigenvalue weighted by atomic mass is 9.94. The van der Waals surface area contributed by atoms with Crippen LogP contribution in [-0.4, -0.2) is 11.9 Å². The summed E-state index contributed by atoms with van der Waals surface area (Å²) in [4.78, 5) is 12.2. The van der Waals surface area contributed by atoms with Gasteiger partial charge in [0.2, 0.25) is 5.91 Å². The van der Waals surface area contributed by atoms with E-state index in [1.165, 1.54) is 0 Å². The predicted octanol–water partition coefficient (Wildman–Crippen LogP) is 3.26. The standard InChI is InChI=1S/C17H28N2O/c1-12(2)10-11-13(3)19-17(20)14(4)16(18)15-8-6-5-7-9-15/h5-9,12-14,16H,10-11,18H2,1-4H3,(H,19,20). The SMILES string of the molecule is CC(C)CCC(C)NC(=O)C(C)C(N)c1ccccc1. The summed E-state index contributed by atoms with van der Waals surface area (Å²) in [5.74, 6) is 0.481. The fourth-order valence-electron chi connectivity index (χ4n) is 2.16. The summed E-state index contributed by atoms with van der Waals surface area (Å²) < 4.78 is 0. The van der Waals surface area contributed by atoms with Crippen LogP contribution >= 0.6 is 0 Å². The van der Waals surface area contributed by atoms with Crippen LogP contribution in [0.15, 0.2) is 30.3 Å². The van der Waals surface area contributed by atoms with Gasteiger partial charge < -0.3 is 11.1 Å². The fourth-order valence-corrected chi connectivity index (χ4v) is 2.16. The van der Waals surface area contributed by atoms with Crippen molar-refractivity contribution in [1.82, 2.24) is 5.32 Å². The minimum atomic E-state index is -0.256. The summed E-state index contributed by atoms with van der Waals surface area (Å²) in [6.45, 7) is 8.34. The van der Waals surface area contributed by atoms with Crippen LogP contribution in [0.5, 0.6) is 0 Å². The maximum absolute atomic E-state index is 12.2. The van der Waals surface area contributed by atoms with E-state index in [4.69, 9.17) is 5.73 Å². The molecule has 0 saturated carbocycles. The zero-order valence-corrected chi connectivity index (χ0v) is 13.1. The minimum Gasteiger partial charge on any atom is -0.353 e. The Morgan fingerprint density at radius 3 is 2.25 bits per heavy atom. The number of carbonyl (C=O) groups is 1. The van der Waals surface area contributed by atoms with Crippen molar-refractivity contribution in [3.8, 4) is 0 Å². The third-order valence-electron chi connectivity index (χ3n) is 3.70. The van der Waals surface area contributed by atoms with Crippen LogP contribution in [-0.2, 0) is 4.79 Å². The maximum Gasteiger partial charge on any atom is 0.224 e. The summed E-state index contributed by atoms with van der Waals surface area (Å²) in [6.07, 6.45) is 2.14. The van der Waals surface area contributed by atoms with Crippen molar-refractivity contribution in [3.05, 3.63) is 35.9 Å². The second-order valence-electron chi connectivity index (χ2n) is 6.11. The van der Waals surface area contributed by atoms with Gasteiger partial charge in [-0.3, -0.25) is 4.79 Å². The first kappa shape index (κ1) is 16.7. The Morgan fingerprint density at radius 2 is 1.70 bits per heavy atom. The predicted molar refractivity (Wildman–Crippen MR) is 84.2 cm³/mol. The molecular formula is C17H28N2O. The average Bonchev–Trinajstić information content (AvgIpc) is 2.44. The van der Waals surface area contributed by atoms with Gasteiger partial charge in [0.05, 0.1) is 5.92 Å². The summed E-state index contributed by atoms with van der Waals surface area (Å²) in [5, 5.41) is 3.07. The molecule has 0 saturated heterocycles. The number of nitrogens with two attached hydrogens (primary N) is 1. The Morgan fingerprint density at radius 1 is 1.10 bits per heavy atom. The van der Waals surface area contributed by atoms with Crippen molar-refractivity contribution in [2.75, 3.05) is 0 Å². The molecule has 0 aromatic heterocycles. The van der Waals surface area contributed by atoms with Gasteiger partial charge >= 0.3 is 0 Å². The molecule has 3 nitrogen and oxygen atoms in total. The second-order valence-corrected chi connectivity index (χ2v) is 6.11. The van der Waals surface area contributed by atoms with E-state index in [2.05, 4.69) is 26.1 Å². The molecule has 3 atom stereocenters. The average molecular weight is 276 g/mol. The van der Waals surface area contributed by atoms with Crippen LogP contribution in [0.3, 0.4) is 0 Å². The zero-order valence-electron chi connectivity index (χ0n) is 13.1. The highest BCUT2D eigenvalue weighted by atomic mass is 16.1. The Balaban J connectivity index is 2.50. The van der Waals surface area contributed by atoms with Gasteiger partial charge in [-0.15, -0.1) is 0 Å². The summed E-state index contributed by atoms with van der Waals surface area (Å²) in [6, 6.07) is 9.74. The Labute approximate surface area is 122 Å². The molecule has 112 valence electrons. The van der Waals surface area contributed by atoms with Crippen molar-refractivity contribution in [1.29, 1.82) is 0 Å². The Hall–Kier alpha value is -1.35. The lowest BCUT2D eigenvalue weighted by Gasteiger charge is -2.22. The van der Waals surface area contributed by atoms with Gasteiger partial charge in [-0.2, -0.15) is 0 Å². The topological polar surface area (TPSA) is 55.1 Å². The second kappa shape index (κ2) is 8.05. The van der Waals surface area contributed by atoms with Gasteiger partial charge in [0.1, 0.15) is 0 Å². The number of nitrogens with one attached hydrogen (secondary N) is 1. The van der Waals surface area contributed by atoms with Gasteiger partial charge in [-0.25, -0.2) is 0 Å². The molecule has 0 heterocycles. The van der Waals surface area contributed by atoms with Crippen LogP contribution in [0, 0.1) is 11.8 Å². The molecule has 0 radical (unpaired) electrons. The number of carbonyl (C=O) groups excluding carboxylic acids is 1. The van der Waals surface area contributed by atoms with E-state index >= 15 is 0 Å². The molecule has 0 fully saturated rings. The van der Waals surface area contributed by atoms with Crippen LogP contribution < -0.4 is 11.1 Å². The molecule has 3 heteroatoms. The lowest BCUT2D eigenvalue weighted by Crippen LogP contribution is -2.40. The molecular weight excluding hydrogens is 248 g/mol. The molecule has 0 aliphatic heterocycles. The van der Waals surface area contributed by atoms with Crippen molar-refractivity contribution in [3.63, 3.8) is 0 Å². The van der Waals surface area contributed by atoms with Gasteiger partial charge in [0.25, 0.3) is 0 Å². The lowest BCUT2D eigenvalue weighted by molar-refractivity contribution is -0.125. The first-order valence-electron chi connectivity index (χ1n) is 7.52. The number of hydrogen-bond donors (Lipinski definition) is 2. The first-order valence-corrected chi connectivity index (χ1v) is 7.52. The van der Waals surface area contributed by atoms with Gasteiger partial charge in [0.15, 0.2) is 0 Å². The molecule has 20 heavy (non-hydrogen) atoms. The highest BCUT2D eigenvalue weighted by Gasteiger charge is 2.23. The molecule has 3 unspecified atom stereocenters. The van der Waals surface area contributed by atoms with Crippen LogP contribution in [0.4, 0.5) is 0 Å². The van der Waals surface area contributed by atoms with E-state index in [1.54, 1.807) is 0 Å². The molecule has 1 rings (SSSR count).